The Morgan fingerprint density at radius 3 is 3.22 bits per heavy atom. The highest BCUT2D eigenvalue weighted by Gasteiger charge is 2.20. The Balaban J connectivity index is 1.92. The second-order valence-corrected chi connectivity index (χ2v) is 4.20. The molecule has 100 valence electrons. The van der Waals surface area contributed by atoms with Crippen molar-refractivity contribution in [1.82, 2.24) is 19.9 Å². The van der Waals surface area contributed by atoms with E-state index in [-0.39, 0.29) is 11.8 Å². The van der Waals surface area contributed by atoms with Crippen LogP contribution in [0, 0.1) is 0 Å². The van der Waals surface area contributed by atoms with Crippen molar-refractivity contribution in [3.8, 4) is 0 Å². The summed E-state index contributed by atoms with van der Waals surface area (Å²) in [6, 6.07) is 0. The van der Waals surface area contributed by atoms with E-state index >= 15 is 0 Å². The molecule has 0 aromatic carbocycles. The number of hydrogen-bond acceptors (Lipinski definition) is 6. The van der Waals surface area contributed by atoms with E-state index in [1.807, 2.05) is 0 Å². The molecular formula is C11H18N4O3. The van der Waals surface area contributed by atoms with Gasteiger partial charge in [-0.2, -0.15) is 0 Å². The number of hydrogen-bond donors (Lipinski definition) is 0. The summed E-state index contributed by atoms with van der Waals surface area (Å²) in [5, 5.41) is 7.66. The van der Waals surface area contributed by atoms with Gasteiger partial charge in [0.15, 0.2) is 5.69 Å². The highest BCUT2D eigenvalue weighted by atomic mass is 16.5. The van der Waals surface area contributed by atoms with Crippen molar-refractivity contribution in [2.24, 2.45) is 0 Å². The summed E-state index contributed by atoms with van der Waals surface area (Å²) in [6.45, 7) is 6.33. The molecule has 1 fully saturated rings. The van der Waals surface area contributed by atoms with Gasteiger partial charge in [-0.15, -0.1) is 5.10 Å². The number of ether oxygens (including phenoxy) is 2. The maximum absolute atomic E-state index is 11.2. The van der Waals surface area contributed by atoms with Gasteiger partial charge in [0.1, 0.15) is 0 Å². The predicted molar refractivity (Wildman–Crippen MR) is 63.2 cm³/mol. The molecule has 0 saturated carbocycles. The van der Waals surface area contributed by atoms with Gasteiger partial charge in [-0.1, -0.05) is 12.1 Å². The van der Waals surface area contributed by atoms with E-state index < -0.39 is 5.97 Å². The Kier molecular flexibility index (Phi) is 4.27. The highest BCUT2D eigenvalue weighted by Crippen LogP contribution is 2.07. The van der Waals surface area contributed by atoms with E-state index in [9.17, 15) is 4.79 Å². The van der Waals surface area contributed by atoms with E-state index in [1.165, 1.54) is 7.11 Å². The third kappa shape index (κ3) is 3.05. The van der Waals surface area contributed by atoms with E-state index in [4.69, 9.17) is 4.74 Å². The maximum Gasteiger partial charge on any atom is 0.360 e. The second kappa shape index (κ2) is 5.92. The standard InChI is InChI=1S/C11H18N4O3/c1-3-14-4-5-18-9(6-14)7-15-8-10(12-13-15)11(16)17-2/h8-9H,3-7H2,1-2H3. The van der Waals surface area contributed by atoms with E-state index in [1.54, 1.807) is 10.9 Å². The van der Waals surface area contributed by atoms with Crippen LogP contribution < -0.4 is 0 Å². The third-order valence-electron chi connectivity index (χ3n) is 2.99. The number of nitrogens with zero attached hydrogens (tertiary/aromatic N) is 4. The second-order valence-electron chi connectivity index (χ2n) is 4.20. The van der Waals surface area contributed by atoms with E-state index in [0.717, 1.165) is 26.2 Å². The van der Waals surface area contributed by atoms with Gasteiger partial charge in [0.2, 0.25) is 0 Å². The van der Waals surface area contributed by atoms with Crippen molar-refractivity contribution < 1.29 is 14.3 Å². The lowest BCUT2D eigenvalue weighted by molar-refractivity contribution is -0.0360. The minimum atomic E-state index is -0.471. The Hall–Kier alpha value is -1.47. The van der Waals surface area contributed by atoms with Gasteiger partial charge in [-0.05, 0) is 6.54 Å². The van der Waals surface area contributed by atoms with Crippen molar-refractivity contribution >= 4 is 5.97 Å². The maximum atomic E-state index is 11.2. The average Bonchev–Trinajstić information content (AvgIpc) is 2.86. The van der Waals surface area contributed by atoms with Gasteiger partial charge in [-0.25, -0.2) is 9.48 Å². The van der Waals surface area contributed by atoms with Crippen molar-refractivity contribution in [3.05, 3.63) is 11.9 Å². The zero-order chi connectivity index (χ0) is 13.0. The first-order valence-electron chi connectivity index (χ1n) is 6.05. The summed E-state index contributed by atoms with van der Waals surface area (Å²) in [6.07, 6.45) is 1.67. The first-order valence-corrected chi connectivity index (χ1v) is 6.05. The molecule has 0 N–H and O–H groups in total. The molecule has 7 nitrogen and oxygen atoms in total. The Morgan fingerprint density at radius 1 is 1.67 bits per heavy atom. The summed E-state index contributed by atoms with van der Waals surface area (Å²) < 4.78 is 11.9. The van der Waals surface area contributed by atoms with Crippen LogP contribution in [0.25, 0.3) is 0 Å². The van der Waals surface area contributed by atoms with Crippen LogP contribution in [0.3, 0.4) is 0 Å². The van der Waals surface area contributed by atoms with Gasteiger partial charge in [0, 0.05) is 13.1 Å². The summed E-state index contributed by atoms with van der Waals surface area (Å²) >= 11 is 0. The Bertz CT molecular complexity index is 407. The van der Waals surface area contributed by atoms with Gasteiger partial charge in [-0.3, -0.25) is 4.90 Å². The molecule has 1 saturated heterocycles. The van der Waals surface area contributed by atoms with Crippen LogP contribution in [0.5, 0.6) is 0 Å². The average molecular weight is 254 g/mol. The van der Waals surface area contributed by atoms with Gasteiger partial charge < -0.3 is 9.47 Å². The van der Waals surface area contributed by atoms with Crippen molar-refractivity contribution in [3.63, 3.8) is 0 Å². The molecule has 0 spiro atoms. The number of morpholine rings is 1. The highest BCUT2D eigenvalue weighted by molar-refractivity contribution is 5.86. The van der Waals surface area contributed by atoms with Crippen LogP contribution in [-0.4, -0.2) is 65.3 Å². The van der Waals surface area contributed by atoms with Crippen molar-refractivity contribution in [1.29, 1.82) is 0 Å². The van der Waals surface area contributed by atoms with Crippen LogP contribution in [0.2, 0.25) is 0 Å². The minimum absolute atomic E-state index is 0.0888. The lowest BCUT2D eigenvalue weighted by Gasteiger charge is -2.31. The van der Waals surface area contributed by atoms with Crippen LogP contribution in [0.15, 0.2) is 6.20 Å². The number of carbonyl (C=O) groups excluding carboxylic acids is 1. The first kappa shape index (κ1) is 13.0. The summed E-state index contributed by atoms with van der Waals surface area (Å²) in [5.74, 6) is -0.471. The largest absolute Gasteiger partial charge is 0.464 e. The molecular weight excluding hydrogens is 236 g/mol. The monoisotopic (exact) mass is 254 g/mol. The Labute approximate surface area is 106 Å². The summed E-state index contributed by atoms with van der Waals surface area (Å²) in [5.41, 5.74) is 0.223. The fourth-order valence-corrected chi connectivity index (χ4v) is 1.97. The molecule has 1 atom stereocenters. The number of aromatic nitrogens is 3. The molecule has 0 aliphatic carbocycles. The zero-order valence-electron chi connectivity index (χ0n) is 10.7. The first-order chi connectivity index (χ1) is 8.72. The van der Waals surface area contributed by atoms with Crippen LogP contribution >= 0.6 is 0 Å². The van der Waals surface area contributed by atoms with Gasteiger partial charge in [0.05, 0.1) is 32.6 Å². The van der Waals surface area contributed by atoms with Crippen LogP contribution in [-0.2, 0) is 16.0 Å². The Morgan fingerprint density at radius 2 is 2.50 bits per heavy atom. The molecule has 7 heteroatoms. The van der Waals surface area contributed by atoms with Crippen LogP contribution in [0.1, 0.15) is 17.4 Å². The predicted octanol–water partition coefficient (Wildman–Crippen LogP) is -0.215. The van der Waals surface area contributed by atoms with Gasteiger partial charge in [0.25, 0.3) is 0 Å². The third-order valence-corrected chi connectivity index (χ3v) is 2.99. The fraction of sp³-hybridized carbons (Fsp3) is 0.727. The number of likely N-dealkylation sites (N-methyl/N-ethyl adjacent to an activating group) is 1. The van der Waals surface area contributed by atoms with Gasteiger partial charge >= 0.3 is 5.97 Å². The summed E-state index contributed by atoms with van der Waals surface area (Å²) in [4.78, 5) is 13.6. The molecule has 1 aliphatic rings. The van der Waals surface area contributed by atoms with E-state index in [2.05, 4.69) is 26.9 Å². The summed E-state index contributed by atoms with van der Waals surface area (Å²) in [7, 11) is 1.32. The topological polar surface area (TPSA) is 69.5 Å². The van der Waals surface area contributed by atoms with E-state index in [0.29, 0.717) is 6.54 Å². The molecule has 2 rings (SSSR count). The zero-order valence-corrected chi connectivity index (χ0v) is 10.7. The fourth-order valence-electron chi connectivity index (χ4n) is 1.97. The minimum Gasteiger partial charge on any atom is -0.464 e. The number of methoxy groups -OCH3 is 1. The number of carbonyl (C=O) groups is 1. The molecule has 1 aromatic heterocycles. The lowest BCUT2D eigenvalue weighted by Crippen LogP contribution is -2.44. The molecule has 0 bridgehead atoms. The van der Waals surface area contributed by atoms with Crippen molar-refractivity contribution in [2.75, 3.05) is 33.4 Å². The normalized spacial score (nSPS) is 20.9. The van der Waals surface area contributed by atoms with Crippen molar-refractivity contribution in [2.45, 2.75) is 19.6 Å². The quantitative estimate of drug-likeness (QED) is 0.692. The molecule has 1 aliphatic heterocycles. The molecule has 18 heavy (non-hydrogen) atoms. The molecule has 2 heterocycles. The number of esters is 1. The SMILES string of the molecule is CCN1CCOC(Cn2cc(C(=O)OC)nn2)C1. The smallest absolute Gasteiger partial charge is 0.360 e. The molecule has 1 aromatic rings. The molecule has 0 amide bonds. The van der Waals surface area contributed by atoms with Crippen LogP contribution in [0.4, 0.5) is 0 Å². The molecule has 1 unspecified atom stereocenters. The number of rotatable bonds is 4. The lowest BCUT2D eigenvalue weighted by atomic mass is 10.2. The molecule has 0 radical (unpaired) electrons.